The average Bonchev–Trinajstić information content (AvgIpc) is 2.96. The maximum atomic E-state index is 13.4. The van der Waals surface area contributed by atoms with Crippen molar-refractivity contribution in [2.24, 2.45) is 4.99 Å². The molecule has 0 aliphatic heterocycles. The van der Waals surface area contributed by atoms with Crippen molar-refractivity contribution in [1.82, 2.24) is 0 Å². The van der Waals surface area contributed by atoms with Gasteiger partial charge in [-0.15, -0.1) is 0 Å². The van der Waals surface area contributed by atoms with E-state index in [1.54, 1.807) is 0 Å². The van der Waals surface area contributed by atoms with Gasteiger partial charge in [-0.1, -0.05) is 115 Å². The van der Waals surface area contributed by atoms with Crippen LogP contribution in [-0.2, 0) is 38.5 Å². The van der Waals surface area contributed by atoms with Crippen molar-refractivity contribution >= 4 is 17.7 Å². The Morgan fingerprint density at radius 2 is 1.19 bits per heavy atom. The lowest BCUT2D eigenvalue weighted by atomic mass is 10.00. The quantitative estimate of drug-likeness (QED) is 0.214. The summed E-state index contributed by atoms with van der Waals surface area (Å²) in [7, 11) is 1.37. The predicted octanol–water partition coefficient (Wildman–Crippen LogP) is 5.59. The van der Waals surface area contributed by atoms with Crippen LogP contribution >= 0.6 is 0 Å². The van der Waals surface area contributed by atoms with Crippen molar-refractivity contribution in [3.63, 3.8) is 0 Å². The number of aliphatic imine (C=N–C) groups is 1. The normalized spacial score (nSPS) is 11.3. The van der Waals surface area contributed by atoms with Gasteiger partial charge >= 0.3 is 11.9 Å². The van der Waals surface area contributed by atoms with Crippen molar-refractivity contribution in [3.05, 3.63) is 143 Å². The zero-order valence-corrected chi connectivity index (χ0v) is 20.7. The Labute approximate surface area is 217 Å². The highest BCUT2D eigenvalue weighted by molar-refractivity contribution is 6.13. The lowest BCUT2D eigenvalue weighted by Gasteiger charge is -2.16. The van der Waals surface area contributed by atoms with Crippen molar-refractivity contribution in [1.29, 1.82) is 0 Å². The van der Waals surface area contributed by atoms with E-state index in [0.717, 1.165) is 33.5 Å². The summed E-state index contributed by atoms with van der Waals surface area (Å²) in [6, 6.07) is 36.1. The molecule has 186 valence electrons. The minimum absolute atomic E-state index is 0.176. The van der Waals surface area contributed by atoms with Crippen LogP contribution in [0.4, 0.5) is 0 Å². The largest absolute Gasteiger partial charge is 0.469 e. The molecule has 4 aromatic carbocycles. The molecule has 0 saturated carbocycles. The molecule has 5 heteroatoms. The molecule has 0 saturated heterocycles. The number of ether oxygens (including phenoxy) is 2. The van der Waals surface area contributed by atoms with Gasteiger partial charge in [-0.25, -0.2) is 4.79 Å². The van der Waals surface area contributed by atoms with Gasteiger partial charge in [0.1, 0.15) is 6.61 Å². The zero-order valence-electron chi connectivity index (χ0n) is 20.7. The van der Waals surface area contributed by atoms with E-state index in [9.17, 15) is 9.59 Å². The summed E-state index contributed by atoms with van der Waals surface area (Å²) < 4.78 is 10.5. The Morgan fingerprint density at radius 1 is 0.676 bits per heavy atom. The van der Waals surface area contributed by atoms with Gasteiger partial charge < -0.3 is 9.47 Å². The zero-order chi connectivity index (χ0) is 25.9. The van der Waals surface area contributed by atoms with Crippen LogP contribution in [-0.4, -0.2) is 30.8 Å². The highest BCUT2D eigenvalue weighted by Gasteiger charge is 2.22. The number of hydrogen-bond acceptors (Lipinski definition) is 5. The summed E-state index contributed by atoms with van der Waals surface area (Å²) in [4.78, 5) is 30.0. The minimum atomic E-state index is -0.759. The molecule has 0 aromatic heterocycles. The number of esters is 2. The first kappa shape index (κ1) is 25.6. The summed E-state index contributed by atoms with van der Waals surface area (Å²) in [6.07, 6.45) is 0.554. The number of carbonyl (C=O) groups excluding carboxylic acids is 2. The van der Waals surface area contributed by atoms with Crippen LogP contribution in [0.5, 0.6) is 0 Å². The first-order valence-electron chi connectivity index (χ1n) is 12.2. The van der Waals surface area contributed by atoms with E-state index in [1.165, 1.54) is 7.11 Å². The molecule has 0 aliphatic rings. The van der Waals surface area contributed by atoms with Crippen LogP contribution in [0.3, 0.4) is 0 Å². The standard InChI is InChI=1S/C32H29NO4/c1-36-30(34)22-25-19-17-24(18-20-25)21-29(32(35)37-23-26-11-5-2-6-12-26)33-31(27-13-7-3-8-14-27)28-15-9-4-10-16-28/h2-20,29H,21-23H2,1H3. The predicted molar refractivity (Wildman–Crippen MR) is 144 cm³/mol. The Kier molecular flexibility index (Phi) is 8.97. The van der Waals surface area contributed by atoms with Crippen LogP contribution in [0, 0.1) is 0 Å². The molecule has 4 rings (SSSR count). The highest BCUT2D eigenvalue weighted by atomic mass is 16.5. The molecule has 4 aromatic rings. The van der Waals surface area contributed by atoms with Gasteiger partial charge in [0.25, 0.3) is 0 Å². The van der Waals surface area contributed by atoms with Gasteiger partial charge in [-0.2, -0.15) is 0 Å². The Balaban J connectivity index is 1.65. The van der Waals surface area contributed by atoms with E-state index in [4.69, 9.17) is 14.5 Å². The number of rotatable bonds is 10. The van der Waals surface area contributed by atoms with Gasteiger partial charge in [0.15, 0.2) is 6.04 Å². The summed E-state index contributed by atoms with van der Waals surface area (Å²) in [5.74, 6) is -0.693. The van der Waals surface area contributed by atoms with E-state index < -0.39 is 12.0 Å². The lowest BCUT2D eigenvalue weighted by molar-refractivity contribution is -0.146. The molecule has 0 heterocycles. The van der Waals surface area contributed by atoms with Gasteiger partial charge in [-0.05, 0) is 16.7 Å². The fourth-order valence-electron chi connectivity index (χ4n) is 3.93. The SMILES string of the molecule is COC(=O)Cc1ccc(CC(N=C(c2ccccc2)c2ccccc2)C(=O)OCc2ccccc2)cc1. The van der Waals surface area contributed by atoms with Gasteiger partial charge in [-0.3, -0.25) is 9.79 Å². The van der Waals surface area contributed by atoms with Gasteiger partial charge in [0, 0.05) is 17.5 Å². The molecule has 1 unspecified atom stereocenters. The third-order valence-electron chi connectivity index (χ3n) is 5.90. The van der Waals surface area contributed by atoms with E-state index in [1.807, 2.05) is 115 Å². The number of hydrogen-bond donors (Lipinski definition) is 0. The summed E-state index contributed by atoms with van der Waals surface area (Å²) >= 11 is 0. The van der Waals surface area contributed by atoms with Crippen LogP contribution in [0.2, 0.25) is 0 Å². The van der Waals surface area contributed by atoms with Crippen LogP contribution in [0.1, 0.15) is 27.8 Å². The molecule has 0 amide bonds. The Bertz CT molecular complexity index is 1280. The van der Waals surface area contributed by atoms with E-state index in [-0.39, 0.29) is 19.0 Å². The molecule has 0 spiro atoms. The second-order valence-corrected chi connectivity index (χ2v) is 8.59. The van der Waals surface area contributed by atoms with Crippen LogP contribution in [0.25, 0.3) is 0 Å². The number of nitrogens with zero attached hydrogens (tertiary/aromatic N) is 1. The molecule has 0 N–H and O–H groups in total. The maximum absolute atomic E-state index is 13.4. The van der Waals surface area contributed by atoms with Gasteiger partial charge in [0.05, 0.1) is 19.2 Å². The third kappa shape index (κ3) is 7.48. The fraction of sp³-hybridized carbons (Fsp3) is 0.156. The fourth-order valence-corrected chi connectivity index (χ4v) is 3.93. The summed E-state index contributed by atoms with van der Waals surface area (Å²) in [6.45, 7) is 0.176. The molecule has 0 fully saturated rings. The molecule has 37 heavy (non-hydrogen) atoms. The van der Waals surface area contributed by atoms with Gasteiger partial charge in [0.2, 0.25) is 0 Å². The minimum Gasteiger partial charge on any atom is -0.469 e. The molecule has 1 atom stereocenters. The molecular formula is C32H29NO4. The lowest BCUT2D eigenvalue weighted by Crippen LogP contribution is -2.26. The van der Waals surface area contributed by atoms with Crippen LogP contribution in [0.15, 0.2) is 120 Å². The number of benzene rings is 4. The first-order chi connectivity index (χ1) is 18.1. The first-order valence-corrected chi connectivity index (χ1v) is 12.2. The Hall–Kier alpha value is -4.51. The smallest absolute Gasteiger partial charge is 0.331 e. The van der Waals surface area contributed by atoms with Crippen molar-refractivity contribution in [2.45, 2.75) is 25.5 Å². The molecule has 0 bridgehead atoms. The number of carbonyl (C=O) groups is 2. The second kappa shape index (κ2) is 13.0. The van der Waals surface area contributed by atoms with Crippen molar-refractivity contribution < 1.29 is 19.1 Å². The van der Waals surface area contributed by atoms with Crippen molar-refractivity contribution in [3.8, 4) is 0 Å². The molecule has 0 radical (unpaired) electrons. The van der Waals surface area contributed by atoms with E-state index in [0.29, 0.717) is 6.42 Å². The highest BCUT2D eigenvalue weighted by Crippen LogP contribution is 2.17. The van der Waals surface area contributed by atoms with E-state index in [2.05, 4.69) is 0 Å². The summed E-state index contributed by atoms with van der Waals surface area (Å²) in [5.41, 5.74) is 5.24. The second-order valence-electron chi connectivity index (χ2n) is 8.59. The average molecular weight is 492 g/mol. The maximum Gasteiger partial charge on any atom is 0.331 e. The van der Waals surface area contributed by atoms with Crippen LogP contribution < -0.4 is 0 Å². The molecular weight excluding hydrogens is 462 g/mol. The molecule has 5 nitrogen and oxygen atoms in total. The van der Waals surface area contributed by atoms with E-state index >= 15 is 0 Å². The number of methoxy groups -OCH3 is 1. The third-order valence-corrected chi connectivity index (χ3v) is 5.90. The monoisotopic (exact) mass is 491 g/mol. The molecule has 0 aliphatic carbocycles. The van der Waals surface area contributed by atoms with Crippen molar-refractivity contribution in [2.75, 3.05) is 7.11 Å². The Morgan fingerprint density at radius 3 is 1.73 bits per heavy atom. The summed E-state index contributed by atoms with van der Waals surface area (Å²) in [5, 5.41) is 0. The topological polar surface area (TPSA) is 65.0 Å².